The highest BCUT2D eigenvalue weighted by molar-refractivity contribution is 5.97. The summed E-state index contributed by atoms with van der Waals surface area (Å²) in [5, 5.41) is 2.96. The van der Waals surface area contributed by atoms with E-state index in [0.29, 0.717) is 18.5 Å². The maximum Gasteiger partial charge on any atom is 0.251 e. The molecular formula is C22H25N3O3. The summed E-state index contributed by atoms with van der Waals surface area (Å²) in [6.07, 6.45) is 1.50. The van der Waals surface area contributed by atoms with Gasteiger partial charge in [0.2, 0.25) is 5.91 Å². The zero-order valence-corrected chi connectivity index (χ0v) is 15.9. The Bertz CT molecular complexity index is 827. The van der Waals surface area contributed by atoms with E-state index >= 15 is 0 Å². The number of benzene rings is 2. The summed E-state index contributed by atoms with van der Waals surface area (Å²) < 4.78 is 5.38. The number of hydrogen-bond donors (Lipinski definition) is 1. The average Bonchev–Trinajstić information content (AvgIpc) is 3.19. The zero-order valence-electron chi connectivity index (χ0n) is 15.9. The van der Waals surface area contributed by atoms with Crippen molar-refractivity contribution in [2.75, 3.05) is 42.6 Å². The largest absolute Gasteiger partial charge is 0.378 e. The van der Waals surface area contributed by atoms with E-state index in [4.69, 9.17) is 4.74 Å². The van der Waals surface area contributed by atoms with E-state index in [-0.39, 0.29) is 11.8 Å². The molecule has 0 atom stereocenters. The van der Waals surface area contributed by atoms with Crippen molar-refractivity contribution in [3.63, 3.8) is 0 Å². The number of nitrogens with zero attached hydrogens (tertiary/aromatic N) is 2. The SMILES string of the molecule is O=C(NCc1ccc(N2CCOCC2)cc1)c1ccc(N2CCCC2=O)cc1. The molecule has 146 valence electrons. The number of carbonyl (C=O) groups is 2. The molecule has 0 radical (unpaired) electrons. The van der Waals surface area contributed by atoms with E-state index in [1.807, 2.05) is 24.3 Å². The summed E-state index contributed by atoms with van der Waals surface area (Å²) in [4.78, 5) is 28.3. The third-order valence-corrected chi connectivity index (χ3v) is 5.28. The Morgan fingerprint density at radius 1 is 0.929 bits per heavy atom. The van der Waals surface area contributed by atoms with Crippen molar-refractivity contribution in [1.29, 1.82) is 0 Å². The fraction of sp³-hybridized carbons (Fsp3) is 0.364. The molecule has 2 aliphatic rings. The van der Waals surface area contributed by atoms with Gasteiger partial charge in [0, 0.05) is 49.5 Å². The maximum atomic E-state index is 12.4. The summed E-state index contributed by atoms with van der Waals surface area (Å²) in [7, 11) is 0. The summed E-state index contributed by atoms with van der Waals surface area (Å²) in [5.74, 6) is 0.0364. The number of anilines is 2. The lowest BCUT2D eigenvalue weighted by molar-refractivity contribution is -0.117. The van der Waals surface area contributed by atoms with Gasteiger partial charge in [-0.25, -0.2) is 0 Å². The number of carbonyl (C=O) groups excluding carboxylic acids is 2. The van der Waals surface area contributed by atoms with E-state index in [1.165, 1.54) is 5.69 Å². The highest BCUT2D eigenvalue weighted by Crippen LogP contribution is 2.21. The van der Waals surface area contributed by atoms with Crippen molar-refractivity contribution in [2.45, 2.75) is 19.4 Å². The zero-order chi connectivity index (χ0) is 19.3. The lowest BCUT2D eigenvalue weighted by atomic mass is 10.1. The highest BCUT2D eigenvalue weighted by Gasteiger charge is 2.21. The van der Waals surface area contributed by atoms with Gasteiger partial charge in [0.1, 0.15) is 0 Å². The van der Waals surface area contributed by atoms with Gasteiger partial charge in [-0.3, -0.25) is 9.59 Å². The molecule has 2 aromatic carbocycles. The minimum absolute atomic E-state index is 0.114. The van der Waals surface area contributed by atoms with Gasteiger partial charge in [0.25, 0.3) is 5.91 Å². The lowest BCUT2D eigenvalue weighted by Crippen LogP contribution is -2.36. The van der Waals surface area contributed by atoms with Crippen LogP contribution in [0.15, 0.2) is 48.5 Å². The molecule has 6 nitrogen and oxygen atoms in total. The van der Waals surface area contributed by atoms with Crippen LogP contribution in [0.2, 0.25) is 0 Å². The Kier molecular flexibility index (Phi) is 5.58. The lowest BCUT2D eigenvalue weighted by Gasteiger charge is -2.28. The average molecular weight is 379 g/mol. The molecule has 2 saturated heterocycles. The van der Waals surface area contributed by atoms with Gasteiger partial charge in [0.15, 0.2) is 0 Å². The minimum Gasteiger partial charge on any atom is -0.378 e. The van der Waals surface area contributed by atoms with Crippen molar-refractivity contribution in [3.8, 4) is 0 Å². The number of morpholine rings is 1. The summed E-state index contributed by atoms with van der Waals surface area (Å²) in [5.41, 5.74) is 3.70. The third-order valence-electron chi connectivity index (χ3n) is 5.28. The first-order chi connectivity index (χ1) is 13.7. The van der Waals surface area contributed by atoms with Crippen LogP contribution in [0.1, 0.15) is 28.8 Å². The van der Waals surface area contributed by atoms with E-state index in [9.17, 15) is 9.59 Å². The fourth-order valence-electron chi connectivity index (χ4n) is 3.64. The molecule has 0 bridgehead atoms. The Morgan fingerprint density at radius 2 is 1.61 bits per heavy atom. The first kappa shape index (κ1) is 18.5. The number of hydrogen-bond acceptors (Lipinski definition) is 4. The van der Waals surface area contributed by atoms with Crippen LogP contribution in [-0.4, -0.2) is 44.7 Å². The smallest absolute Gasteiger partial charge is 0.251 e. The molecule has 2 aliphatic heterocycles. The second-order valence-electron chi connectivity index (χ2n) is 7.14. The Hall–Kier alpha value is -2.86. The first-order valence-electron chi connectivity index (χ1n) is 9.81. The molecule has 0 unspecified atom stereocenters. The van der Waals surface area contributed by atoms with Gasteiger partial charge in [-0.15, -0.1) is 0 Å². The standard InChI is InChI=1S/C22H25N3O3/c26-21-2-1-11-25(21)20-9-5-18(6-10-20)22(27)23-16-17-3-7-19(8-4-17)24-12-14-28-15-13-24/h3-10H,1-2,11-16H2,(H,23,27). The van der Waals surface area contributed by atoms with Crippen LogP contribution in [0.25, 0.3) is 0 Å². The summed E-state index contributed by atoms with van der Waals surface area (Å²) in [6.45, 7) is 4.59. The molecule has 2 heterocycles. The predicted molar refractivity (Wildman–Crippen MR) is 109 cm³/mol. The molecule has 6 heteroatoms. The molecule has 0 saturated carbocycles. The monoisotopic (exact) mass is 379 g/mol. The quantitative estimate of drug-likeness (QED) is 0.867. The number of rotatable bonds is 5. The Balaban J connectivity index is 1.32. The molecule has 2 fully saturated rings. The highest BCUT2D eigenvalue weighted by atomic mass is 16.5. The number of amides is 2. The van der Waals surface area contributed by atoms with Crippen molar-refractivity contribution >= 4 is 23.2 Å². The Morgan fingerprint density at radius 3 is 2.25 bits per heavy atom. The van der Waals surface area contributed by atoms with Crippen LogP contribution in [0, 0.1) is 0 Å². The number of ether oxygens (including phenoxy) is 1. The molecule has 28 heavy (non-hydrogen) atoms. The molecule has 1 N–H and O–H groups in total. The number of nitrogens with one attached hydrogen (secondary N) is 1. The second kappa shape index (κ2) is 8.44. The van der Waals surface area contributed by atoms with Crippen LogP contribution in [0.5, 0.6) is 0 Å². The van der Waals surface area contributed by atoms with E-state index in [0.717, 1.165) is 50.5 Å². The topological polar surface area (TPSA) is 61.9 Å². The minimum atomic E-state index is -0.114. The summed E-state index contributed by atoms with van der Waals surface area (Å²) in [6, 6.07) is 15.5. The van der Waals surface area contributed by atoms with Gasteiger partial charge >= 0.3 is 0 Å². The molecule has 0 spiro atoms. The predicted octanol–water partition coefficient (Wildman–Crippen LogP) is 2.58. The second-order valence-corrected chi connectivity index (χ2v) is 7.14. The van der Waals surface area contributed by atoms with Crippen molar-refractivity contribution in [1.82, 2.24) is 5.32 Å². The molecule has 0 aliphatic carbocycles. The van der Waals surface area contributed by atoms with Crippen LogP contribution < -0.4 is 15.1 Å². The summed E-state index contributed by atoms with van der Waals surface area (Å²) >= 11 is 0. The molecule has 0 aromatic heterocycles. The van der Waals surface area contributed by atoms with E-state index in [2.05, 4.69) is 22.3 Å². The van der Waals surface area contributed by atoms with Gasteiger partial charge < -0.3 is 19.9 Å². The van der Waals surface area contributed by atoms with E-state index in [1.54, 1.807) is 17.0 Å². The fourth-order valence-corrected chi connectivity index (χ4v) is 3.64. The van der Waals surface area contributed by atoms with Crippen LogP contribution in [0.3, 0.4) is 0 Å². The van der Waals surface area contributed by atoms with Gasteiger partial charge in [-0.2, -0.15) is 0 Å². The van der Waals surface area contributed by atoms with Crippen LogP contribution >= 0.6 is 0 Å². The molecule has 2 amide bonds. The van der Waals surface area contributed by atoms with Crippen molar-refractivity contribution in [3.05, 3.63) is 59.7 Å². The van der Waals surface area contributed by atoms with Crippen molar-refractivity contribution < 1.29 is 14.3 Å². The van der Waals surface area contributed by atoms with Gasteiger partial charge in [-0.1, -0.05) is 12.1 Å². The van der Waals surface area contributed by atoms with Gasteiger partial charge in [0.05, 0.1) is 13.2 Å². The van der Waals surface area contributed by atoms with Crippen LogP contribution in [0.4, 0.5) is 11.4 Å². The van der Waals surface area contributed by atoms with Crippen LogP contribution in [-0.2, 0) is 16.1 Å². The normalized spacial score (nSPS) is 17.1. The first-order valence-corrected chi connectivity index (χ1v) is 9.81. The molecule has 2 aromatic rings. The van der Waals surface area contributed by atoms with Crippen molar-refractivity contribution in [2.24, 2.45) is 0 Å². The van der Waals surface area contributed by atoms with E-state index < -0.39 is 0 Å². The third kappa shape index (κ3) is 4.17. The molecular weight excluding hydrogens is 354 g/mol. The maximum absolute atomic E-state index is 12.4. The Labute approximate surface area is 165 Å². The molecule has 4 rings (SSSR count). The van der Waals surface area contributed by atoms with Gasteiger partial charge in [-0.05, 0) is 48.4 Å².